The molecule has 1 aromatic rings. The van der Waals surface area contributed by atoms with E-state index in [4.69, 9.17) is 14.2 Å². The van der Waals surface area contributed by atoms with Crippen molar-refractivity contribution in [3.05, 3.63) is 32.9 Å². The van der Waals surface area contributed by atoms with Gasteiger partial charge in [0.15, 0.2) is 12.3 Å². The van der Waals surface area contributed by atoms with Crippen molar-refractivity contribution in [2.24, 2.45) is 5.92 Å². The monoisotopic (exact) mass is 360 g/mol. The van der Waals surface area contributed by atoms with Gasteiger partial charge in [-0.1, -0.05) is 0 Å². The van der Waals surface area contributed by atoms with Crippen LogP contribution in [-0.4, -0.2) is 52.0 Å². The Labute approximate surface area is 140 Å². The molecular formula is C14H17FN2O8. The molecule has 11 heteroatoms. The normalized spacial score (nSPS) is 25.6. The quantitative estimate of drug-likeness (QED) is 0.617. The molecule has 10 nitrogen and oxygen atoms in total. The second-order valence-corrected chi connectivity index (χ2v) is 5.43. The zero-order chi connectivity index (χ0) is 18.7. The molecule has 138 valence electrons. The van der Waals surface area contributed by atoms with Crippen molar-refractivity contribution in [1.82, 2.24) is 9.55 Å². The number of ether oxygens (including phenoxy) is 3. The lowest BCUT2D eigenvalue weighted by Gasteiger charge is -2.23. The van der Waals surface area contributed by atoms with Crippen molar-refractivity contribution in [2.45, 2.75) is 32.3 Å². The van der Waals surface area contributed by atoms with Crippen LogP contribution in [0.4, 0.5) is 4.39 Å². The molecule has 0 saturated carbocycles. The predicted octanol–water partition coefficient (Wildman–Crippen LogP) is -1.32. The van der Waals surface area contributed by atoms with E-state index in [1.165, 1.54) is 6.92 Å². The first-order valence-corrected chi connectivity index (χ1v) is 7.32. The van der Waals surface area contributed by atoms with E-state index in [1.807, 2.05) is 0 Å². The minimum absolute atomic E-state index is 0.254. The molecule has 2 rings (SSSR count). The summed E-state index contributed by atoms with van der Waals surface area (Å²) in [5.74, 6) is -3.37. The summed E-state index contributed by atoms with van der Waals surface area (Å²) in [7, 11) is 0. The molecule has 0 bridgehead atoms. The molecule has 1 aliphatic rings. The molecule has 0 radical (unpaired) electrons. The number of aliphatic hydroxyl groups is 1. The van der Waals surface area contributed by atoms with Crippen molar-refractivity contribution >= 4 is 11.9 Å². The van der Waals surface area contributed by atoms with Gasteiger partial charge >= 0.3 is 17.6 Å². The second-order valence-electron chi connectivity index (χ2n) is 5.43. The molecule has 25 heavy (non-hydrogen) atoms. The molecule has 0 unspecified atom stereocenters. The molecule has 1 aliphatic heterocycles. The Kier molecular flexibility index (Phi) is 5.69. The summed E-state index contributed by atoms with van der Waals surface area (Å²) in [6.07, 6.45) is -2.81. The van der Waals surface area contributed by atoms with E-state index in [0.717, 1.165) is 6.92 Å². The van der Waals surface area contributed by atoms with Crippen molar-refractivity contribution in [3.8, 4) is 0 Å². The number of carbonyl (C=O) groups excluding carboxylic acids is 2. The third-order valence-electron chi connectivity index (χ3n) is 3.65. The minimum Gasteiger partial charge on any atom is -0.465 e. The van der Waals surface area contributed by atoms with Gasteiger partial charge < -0.3 is 19.3 Å². The van der Waals surface area contributed by atoms with Crippen molar-refractivity contribution in [1.29, 1.82) is 0 Å². The number of nitrogens with zero attached hydrogens (tertiary/aromatic N) is 1. The molecule has 4 atom stereocenters. The Morgan fingerprint density at radius 1 is 1.36 bits per heavy atom. The van der Waals surface area contributed by atoms with Gasteiger partial charge in [0.05, 0.1) is 24.8 Å². The molecule has 0 aliphatic carbocycles. The van der Waals surface area contributed by atoms with Crippen LogP contribution >= 0.6 is 0 Å². The molecule has 2 N–H and O–H groups in total. The summed E-state index contributed by atoms with van der Waals surface area (Å²) >= 11 is 0. The van der Waals surface area contributed by atoms with Gasteiger partial charge in [0.2, 0.25) is 5.82 Å². The molecule has 0 spiro atoms. The average molecular weight is 360 g/mol. The fraction of sp³-hybridized carbons (Fsp3) is 0.571. The van der Waals surface area contributed by atoms with Crippen LogP contribution in [0.25, 0.3) is 0 Å². The number of nitrogens with one attached hydrogen (secondary N) is 1. The van der Waals surface area contributed by atoms with Gasteiger partial charge in [-0.05, 0) is 0 Å². The first-order chi connectivity index (χ1) is 11.7. The Balaban J connectivity index is 2.43. The maximum atomic E-state index is 13.5. The number of H-pyrrole nitrogens is 1. The van der Waals surface area contributed by atoms with Crippen molar-refractivity contribution in [2.75, 3.05) is 13.2 Å². The number of aromatic amines is 1. The van der Waals surface area contributed by atoms with E-state index < -0.39 is 60.0 Å². The number of aromatic nitrogens is 2. The number of hydrogen-bond acceptors (Lipinski definition) is 8. The van der Waals surface area contributed by atoms with Crippen molar-refractivity contribution in [3.63, 3.8) is 0 Å². The Morgan fingerprint density at radius 3 is 2.60 bits per heavy atom. The fourth-order valence-corrected chi connectivity index (χ4v) is 2.59. The smallest absolute Gasteiger partial charge is 0.330 e. The highest BCUT2D eigenvalue weighted by molar-refractivity contribution is 5.66. The van der Waals surface area contributed by atoms with Crippen LogP contribution in [0.2, 0.25) is 0 Å². The number of aliphatic hydroxyl groups excluding tert-OH is 1. The largest absolute Gasteiger partial charge is 0.465 e. The van der Waals surface area contributed by atoms with Gasteiger partial charge in [-0.2, -0.15) is 4.39 Å². The zero-order valence-electron chi connectivity index (χ0n) is 13.4. The minimum atomic E-state index is -1.32. The highest BCUT2D eigenvalue weighted by Gasteiger charge is 2.48. The van der Waals surface area contributed by atoms with E-state index in [2.05, 4.69) is 0 Å². The van der Waals surface area contributed by atoms with E-state index in [-0.39, 0.29) is 6.61 Å². The number of esters is 2. The number of rotatable bonds is 5. The van der Waals surface area contributed by atoms with Crippen LogP contribution in [0.3, 0.4) is 0 Å². The summed E-state index contributed by atoms with van der Waals surface area (Å²) in [5, 5.41) is 9.46. The lowest BCUT2D eigenvalue weighted by atomic mass is 9.99. The molecule has 0 aromatic carbocycles. The van der Waals surface area contributed by atoms with Gasteiger partial charge in [-0.25, -0.2) is 4.79 Å². The van der Waals surface area contributed by atoms with Crippen molar-refractivity contribution < 1.29 is 33.3 Å². The number of carbonyl (C=O) groups is 2. The lowest BCUT2D eigenvalue weighted by molar-refractivity contribution is -0.155. The van der Waals surface area contributed by atoms with Crippen LogP contribution in [0.15, 0.2) is 15.8 Å². The van der Waals surface area contributed by atoms with Gasteiger partial charge in [0.1, 0.15) is 6.61 Å². The predicted molar refractivity (Wildman–Crippen MR) is 78.0 cm³/mol. The van der Waals surface area contributed by atoms with Gasteiger partial charge in [0, 0.05) is 13.8 Å². The van der Waals surface area contributed by atoms with Crippen LogP contribution in [0.5, 0.6) is 0 Å². The standard InChI is InChI=1S/C14H17FN2O8/c1-6(19)23-5-8-10(4-18)25-13(11(8)24-7(2)20)17-3-9(15)12(21)16-14(17)22/h3,8,10-11,13,18H,4-5H2,1-2H3,(H,16,21,22)/t8-,10-,11-,13-/m1/s1. The first kappa shape index (κ1) is 18.8. The average Bonchev–Trinajstić information content (AvgIpc) is 2.85. The number of hydrogen-bond donors (Lipinski definition) is 2. The van der Waals surface area contributed by atoms with Crippen LogP contribution in [0.1, 0.15) is 20.1 Å². The Bertz CT molecular complexity index is 773. The van der Waals surface area contributed by atoms with E-state index >= 15 is 0 Å². The van der Waals surface area contributed by atoms with Crippen LogP contribution in [-0.2, 0) is 23.8 Å². The van der Waals surface area contributed by atoms with Crippen LogP contribution in [0, 0.1) is 11.7 Å². The van der Waals surface area contributed by atoms with E-state index in [0.29, 0.717) is 10.8 Å². The zero-order valence-corrected chi connectivity index (χ0v) is 13.4. The SMILES string of the molecule is CC(=O)OC[C@H]1[C@@H](OC(C)=O)[C@H](n2cc(F)c(=O)[nH]c2=O)O[C@@H]1CO. The topological polar surface area (TPSA) is 137 Å². The maximum Gasteiger partial charge on any atom is 0.330 e. The van der Waals surface area contributed by atoms with Crippen LogP contribution < -0.4 is 11.2 Å². The Hall–Kier alpha value is -2.53. The lowest BCUT2D eigenvalue weighted by Crippen LogP contribution is -2.40. The summed E-state index contributed by atoms with van der Waals surface area (Å²) in [6, 6.07) is 0. The molecule has 1 fully saturated rings. The molecule has 0 amide bonds. The molecular weight excluding hydrogens is 343 g/mol. The van der Waals surface area contributed by atoms with E-state index in [9.17, 15) is 28.7 Å². The molecule has 1 aromatic heterocycles. The highest BCUT2D eigenvalue weighted by Crippen LogP contribution is 2.35. The highest BCUT2D eigenvalue weighted by atomic mass is 19.1. The molecule has 1 saturated heterocycles. The Morgan fingerprint density at radius 2 is 2.04 bits per heavy atom. The summed E-state index contributed by atoms with van der Waals surface area (Å²) in [4.78, 5) is 47.3. The van der Waals surface area contributed by atoms with Gasteiger partial charge in [0.25, 0.3) is 5.56 Å². The van der Waals surface area contributed by atoms with Gasteiger partial charge in [-0.15, -0.1) is 0 Å². The molecule has 2 heterocycles. The summed E-state index contributed by atoms with van der Waals surface area (Å²) in [5.41, 5.74) is -2.20. The third-order valence-corrected chi connectivity index (χ3v) is 3.65. The first-order valence-electron chi connectivity index (χ1n) is 7.32. The van der Waals surface area contributed by atoms with E-state index in [1.54, 1.807) is 4.98 Å². The third kappa shape index (κ3) is 4.12. The maximum absolute atomic E-state index is 13.5. The number of halogens is 1. The summed E-state index contributed by atoms with van der Waals surface area (Å²) < 4.78 is 29.8. The fourth-order valence-electron chi connectivity index (χ4n) is 2.59. The summed E-state index contributed by atoms with van der Waals surface area (Å²) in [6.45, 7) is 1.50. The second kappa shape index (κ2) is 7.57. The van der Waals surface area contributed by atoms with Gasteiger partial charge in [-0.3, -0.25) is 23.9 Å².